The Balaban J connectivity index is 2.02. The van der Waals surface area contributed by atoms with Crippen LogP contribution in [0, 0.1) is 3.57 Å². The lowest BCUT2D eigenvalue weighted by Crippen LogP contribution is -2.29. The topological polar surface area (TPSA) is 85.8 Å². The monoisotopic (exact) mass is 385 g/mol. The molecule has 2 aromatic rings. The third-order valence-electron chi connectivity index (χ3n) is 2.65. The summed E-state index contributed by atoms with van der Waals surface area (Å²) in [5, 5.41) is 10.7. The van der Waals surface area contributed by atoms with Crippen LogP contribution >= 0.6 is 22.6 Å². The van der Waals surface area contributed by atoms with Crippen LogP contribution in [0.15, 0.2) is 30.5 Å². The van der Waals surface area contributed by atoms with Gasteiger partial charge in [-0.1, -0.05) is 17.3 Å². The number of hydrogen-bond donors (Lipinski definition) is 2. The molecule has 20 heavy (non-hydrogen) atoms. The average molecular weight is 385 g/mol. The second-order valence-corrected chi connectivity index (χ2v) is 6.21. The Morgan fingerprint density at radius 1 is 1.45 bits per heavy atom. The summed E-state index contributed by atoms with van der Waals surface area (Å²) in [5.74, 6) is -0.152. The van der Waals surface area contributed by atoms with Gasteiger partial charge in [0.1, 0.15) is 12.2 Å². The number of carbonyl (C=O) groups is 1. The highest BCUT2D eigenvalue weighted by atomic mass is 127. The lowest BCUT2D eigenvalue weighted by Gasteiger charge is -2.13. The lowest BCUT2D eigenvalue weighted by molar-refractivity contribution is -0.116. The van der Waals surface area contributed by atoms with Gasteiger partial charge < -0.3 is 11.1 Å². The van der Waals surface area contributed by atoms with E-state index in [1.807, 2.05) is 38.1 Å². The van der Waals surface area contributed by atoms with Gasteiger partial charge in [-0.25, -0.2) is 4.68 Å². The highest BCUT2D eigenvalue weighted by Gasteiger charge is 2.18. The Kier molecular flexibility index (Phi) is 4.39. The summed E-state index contributed by atoms with van der Waals surface area (Å²) >= 11 is 2.17. The summed E-state index contributed by atoms with van der Waals surface area (Å²) in [5.41, 5.74) is 6.80. The van der Waals surface area contributed by atoms with E-state index in [2.05, 4.69) is 38.2 Å². The molecule has 0 atom stereocenters. The molecule has 6 nitrogen and oxygen atoms in total. The molecule has 1 aromatic carbocycles. The van der Waals surface area contributed by atoms with E-state index in [9.17, 15) is 4.79 Å². The van der Waals surface area contributed by atoms with Gasteiger partial charge in [-0.2, -0.15) is 0 Å². The van der Waals surface area contributed by atoms with Gasteiger partial charge in [0.25, 0.3) is 0 Å². The summed E-state index contributed by atoms with van der Waals surface area (Å²) in [6.07, 6.45) is 1.69. The van der Waals surface area contributed by atoms with Crippen molar-refractivity contribution in [3.05, 3.63) is 39.7 Å². The molecule has 0 fully saturated rings. The van der Waals surface area contributed by atoms with Crippen LogP contribution in [0.4, 0.5) is 5.69 Å². The highest BCUT2D eigenvalue weighted by molar-refractivity contribution is 14.1. The number of aromatic nitrogens is 3. The molecule has 0 saturated carbocycles. The third kappa shape index (κ3) is 3.76. The van der Waals surface area contributed by atoms with Crippen molar-refractivity contribution in [2.24, 2.45) is 5.73 Å². The molecule has 1 aromatic heterocycles. The standard InChI is InChI=1S/C13H16IN5O/c1-13(2,15)11-7-19(18-17-11)8-12(20)16-10-6-4-3-5-9(10)14/h3-7H,8,15H2,1-2H3,(H,16,20). The first-order valence-corrected chi connectivity index (χ1v) is 7.18. The van der Waals surface area contributed by atoms with Gasteiger partial charge in [0.05, 0.1) is 17.4 Å². The van der Waals surface area contributed by atoms with Crippen molar-refractivity contribution < 1.29 is 4.79 Å². The van der Waals surface area contributed by atoms with Crippen LogP contribution in [-0.4, -0.2) is 20.9 Å². The van der Waals surface area contributed by atoms with Gasteiger partial charge in [-0.15, -0.1) is 5.10 Å². The van der Waals surface area contributed by atoms with Crippen LogP contribution in [0.2, 0.25) is 0 Å². The fourth-order valence-electron chi connectivity index (χ4n) is 1.57. The van der Waals surface area contributed by atoms with E-state index < -0.39 is 5.54 Å². The van der Waals surface area contributed by atoms with Crippen molar-refractivity contribution in [1.29, 1.82) is 0 Å². The number of benzene rings is 1. The Labute approximate surface area is 130 Å². The summed E-state index contributed by atoms with van der Waals surface area (Å²) in [7, 11) is 0. The smallest absolute Gasteiger partial charge is 0.246 e. The Bertz CT molecular complexity index is 617. The summed E-state index contributed by atoms with van der Waals surface area (Å²) in [6, 6.07) is 7.59. The highest BCUT2D eigenvalue weighted by Crippen LogP contribution is 2.17. The molecule has 1 amide bonds. The van der Waals surface area contributed by atoms with Crippen molar-refractivity contribution >= 4 is 34.2 Å². The summed E-state index contributed by atoms with van der Waals surface area (Å²) in [6.45, 7) is 3.79. The van der Waals surface area contributed by atoms with Crippen LogP contribution in [0.25, 0.3) is 0 Å². The minimum atomic E-state index is -0.566. The molecule has 0 bridgehead atoms. The van der Waals surface area contributed by atoms with Gasteiger partial charge in [-0.3, -0.25) is 4.79 Å². The first-order chi connectivity index (χ1) is 9.36. The molecule has 0 radical (unpaired) electrons. The molecule has 0 spiro atoms. The molecule has 0 aliphatic carbocycles. The number of hydrogen-bond acceptors (Lipinski definition) is 4. The molecule has 3 N–H and O–H groups in total. The van der Waals surface area contributed by atoms with Crippen molar-refractivity contribution in [1.82, 2.24) is 15.0 Å². The van der Waals surface area contributed by atoms with E-state index >= 15 is 0 Å². The largest absolute Gasteiger partial charge is 0.324 e. The predicted octanol–water partition coefficient (Wildman–Crippen LogP) is 1.72. The number of nitrogens with zero attached hydrogens (tertiary/aromatic N) is 3. The number of nitrogens with two attached hydrogens (primary N) is 1. The molecular formula is C13H16IN5O. The molecule has 0 aliphatic rings. The minimum absolute atomic E-state index is 0.105. The number of nitrogens with one attached hydrogen (secondary N) is 1. The first kappa shape index (κ1) is 14.9. The molecule has 0 saturated heterocycles. The fraction of sp³-hybridized carbons (Fsp3) is 0.308. The van der Waals surface area contributed by atoms with E-state index in [0.29, 0.717) is 5.69 Å². The second-order valence-electron chi connectivity index (χ2n) is 5.05. The Hall–Kier alpha value is -1.48. The molecule has 106 valence electrons. The zero-order valence-electron chi connectivity index (χ0n) is 11.3. The van der Waals surface area contributed by atoms with E-state index in [-0.39, 0.29) is 12.5 Å². The zero-order valence-corrected chi connectivity index (χ0v) is 13.5. The van der Waals surface area contributed by atoms with Gasteiger partial charge in [0.2, 0.25) is 5.91 Å². The number of halogens is 1. The first-order valence-electron chi connectivity index (χ1n) is 6.10. The van der Waals surface area contributed by atoms with Crippen LogP contribution in [0.3, 0.4) is 0 Å². The predicted molar refractivity (Wildman–Crippen MR) is 85.0 cm³/mol. The van der Waals surface area contributed by atoms with Gasteiger partial charge in [0.15, 0.2) is 0 Å². The SMILES string of the molecule is CC(C)(N)c1cn(CC(=O)Nc2ccccc2I)nn1. The van der Waals surface area contributed by atoms with Crippen LogP contribution in [-0.2, 0) is 16.9 Å². The number of carbonyl (C=O) groups excluding carboxylic acids is 1. The van der Waals surface area contributed by atoms with Crippen LogP contribution in [0.5, 0.6) is 0 Å². The van der Waals surface area contributed by atoms with E-state index in [4.69, 9.17) is 5.73 Å². The van der Waals surface area contributed by atoms with Gasteiger partial charge >= 0.3 is 0 Å². The van der Waals surface area contributed by atoms with Crippen molar-refractivity contribution in [2.45, 2.75) is 25.9 Å². The van der Waals surface area contributed by atoms with Gasteiger partial charge in [0, 0.05) is 3.57 Å². The van der Waals surface area contributed by atoms with E-state index in [0.717, 1.165) is 9.26 Å². The maximum absolute atomic E-state index is 12.0. The summed E-state index contributed by atoms with van der Waals surface area (Å²) < 4.78 is 2.47. The zero-order chi connectivity index (χ0) is 14.8. The maximum Gasteiger partial charge on any atom is 0.246 e. The number of amides is 1. The number of anilines is 1. The summed E-state index contributed by atoms with van der Waals surface area (Å²) in [4.78, 5) is 12.0. The number of para-hydroxylation sites is 1. The van der Waals surface area contributed by atoms with Crippen molar-refractivity contribution in [3.8, 4) is 0 Å². The van der Waals surface area contributed by atoms with Crippen molar-refractivity contribution in [2.75, 3.05) is 5.32 Å². The molecule has 2 rings (SSSR count). The molecule has 1 heterocycles. The molecule has 0 aliphatic heterocycles. The van der Waals surface area contributed by atoms with E-state index in [1.54, 1.807) is 6.20 Å². The van der Waals surface area contributed by atoms with Crippen molar-refractivity contribution in [3.63, 3.8) is 0 Å². The minimum Gasteiger partial charge on any atom is -0.324 e. The quantitative estimate of drug-likeness (QED) is 0.785. The third-order valence-corrected chi connectivity index (χ3v) is 3.59. The van der Waals surface area contributed by atoms with Crippen LogP contribution < -0.4 is 11.1 Å². The lowest BCUT2D eigenvalue weighted by atomic mass is 10.0. The normalized spacial score (nSPS) is 11.4. The molecular weight excluding hydrogens is 369 g/mol. The Morgan fingerprint density at radius 3 is 2.75 bits per heavy atom. The van der Waals surface area contributed by atoms with Crippen LogP contribution in [0.1, 0.15) is 19.5 Å². The fourth-order valence-corrected chi connectivity index (χ4v) is 2.09. The average Bonchev–Trinajstić information content (AvgIpc) is 2.80. The molecule has 0 unspecified atom stereocenters. The maximum atomic E-state index is 12.0. The molecule has 7 heteroatoms. The second kappa shape index (κ2) is 5.88. The Morgan fingerprint density at radius 2 is 2.15 bits per heavy atom. The number of rotatable bonds is 4. The van der Waals surface area contributed by atoms with Gasteiger partial charge in [-0.05, 0) is 48.6 Å². The van der Waals surface area contributed by atoms with E-state index in [1.165, 1.54) is 4.68 Å².